The van der Waals surface area contributed by atoms with Crippen molar-refractivity contribution >= 4 is 23.1 Å². The number of aromatic nitrogens is 1. The Kier molecular flexibility index (Phi) is 3.18. The molecule has 0 saturated heterocycles. The van der Waals surface area contributed by atoms with Crippen LogP contribution >= 0.6 is 0 Å². The number of amides is 1. The fourth-order valence-electron chi connectivity index (χ4n) is 2.64. The molecule has 0 aliphatic carbocycles. The van der Waals surface area contributed by atoms with Crippen molar-refractivity contribution in [1.82, 2.24) is 15.2 Å². The van der Waals surface area contributed by atoms with Crippen LogP contribution in [0.5, 0.6) is 0 Å². The van der Waals surface area contributed by atoms with Crippen LogP contribution in [0.2, 0.25) is 0 Å². The lowest BCUT2D eigenvalue weighted by molar-refractivity contribution is 0.0955. The van der Waals surface area contributed by atoms with E-state index in [1.54, 1.807) is 0 Å². The lowest BCUT2D eigenvalue weighted by Gasteiger charge is -2.12. The Labute approximate surface area is 117 Å². The van der Waals surface area contributed by atoms with Gasteiger partial charge in [0.1, 0.15) is 0 Å². The maximum Gasteiger partial charge on any atom is 0.252 e. The number of aromatic amines is 1. The molecule has 3 rings (SSSR count). The van der Waals surface area contributed by atoms with Crippen molar-refractivity contribution in [2.24, 2.45) is 4.99 Å². The molecule has 2 N–H and O–H groups in total. The Bertz CT molecular complexity index is 672. The average molecular weight is 270 g/mol. The predicted molar refractivity (Wildman–Crippen MR) is 80.4 cm³/mol. The zero-order valence-corrected chi connectivity index (χ0v) is 11.7. The highest BCUT2D eigenvalue weighted by Gasteiger charge is 2.24. The molecule has 1 aliphatic heterocycles. The van der Waals surface area contributed by atoms with Crippen LogP contribution in [-0.2, 0) is 0 Å². The smallest absolute Gasteiger partial charge is 0.252 e. The molecule has 1 aromatic heterocycles. The largest absolute Gasteiger partial charge is 0.369 e. The van der Waals surface area contributed by atoms with Crippen LogP contribution in [0, 0.1) is 0 Å². The summed E-state index contributed by atoms with van der Waals surface area (Å²) in [5.74, 6) is 0.197. The van der Waals surface area contributed by atoms with E-state index >= 15 is 0 Å². The monoisotopic (exact) mass is 270 g/mol. The molecule has 0 radical (unpaired) electrons. The number of hydrogen-bond donors (Lipinski definition) is 2. The molecule has 1 amide bonds. The number of benzene rings is 1. The zero-order valence-electron chi connectivity index (χ0n) is 11.7. The van der Waals surface area contributed by atoms with Crippen LogP contribution in [0.3, 0.4) is 0 Å². The van der Waals surface area contributed by atoms with Gasteiger partial charge in [0.25, 0.3) is 5.91 Å². The minimum Gasteiger partial charge on any atom is -0.369 e. The Morgan fingerprint density at radius 1 is 1.45 bits per heavy atom. The molecule has 1 aliphatic rings. The lowest BCUT2D eigenvalue weighted by Crippen LogP contribution is -2.27. The van der Waals surface area contributed by atoms with Gasteiger partial charge in [-0.15, -0.1) is 0 Å². The third-order valence-electron chi connectivity index (χ3n) is 3.57. The Morgan fingerprint density at radius 3 is 3.10 bits per heavy atom. The maximum absolute atomic E-state index is 12.1. The number of H-pyrrole nitrogens is 1. The van der Waals surface area contributed by atoms with Gasteiger partial charge in [0.05, 0.1) is 6.34 Å². The van der Waals surface area contributed by atoms with Crippen molar-refractivity contribution in [3.8, 4) is 0 Å². The second-order valence-electron chi connectivity index (χ2n) is 5.32. The van der Waals surface area contributed by atoms with E-state index in [-0.39, 0.29) is 11.8 Å². The van der Waals surface area contributed by atoms with E-state index in [1.807, 2.05) is 49.7 Å². The standard InChI is InChI=1S/C15H18N4O/c1-19(2)9-16-6-10-7-18-15(20)11-4-3-5-13-14(11)12(10)8-17-13/h3-5,8-10,17H,6-7H2,1-2H3,(H,18,20). The van der Waals surface area contributed by atoms with Gasteiger partial charge in [-0.1, -0.05) is 6.07 Å². The van der Waals surface area contributed by atoms with Crippen LogP contribution < -0.4 is 5.32 Å². The summed E-state index contributed by atoms with van der Waals surface area (Å²) in [5.41, 5.74) is 2.93. The lowest BCUT2D eigenvalue weighted by atomic mass is 9.97. The summed E-state index contributed by atoms with van der Waals surface area (Å²) in [6.45, 7) is 1.28. The summed E-state index contributed by atoms with van der Waals surface area (Å²) in [7, 11) is 3.89. The molecule has 0 spiro atoms. The molecule has 104 valence electrons. The summed E-state index contributed by atoms with van der Waals surface area (Å²) in [4.78, 5) is 21.8. The molecule has 1 atom stereocenters. The second kappa shape index (κ2) is 5.00. The first-order valence-corrected chi connectivity index (χ1v) is 6.71. The number of aliphatic imine (C=N–C) groups is 1. The first-order valence-electron chi connectivity index (χ1n) is 6.71. The molecular formula is C15H18N4O. The van der Waals surface area contributed by atoms with E-state index in [9.17, 15) is 4.79 Å². The third-order valence-corrected chi connectivity index (χ3v) is 3.57. The summed E-state index contributed by atoms with van der Waals surface area (Å²) in [6, 6.07) is 5.78. The summed E-state index contributed by atoms with van der Waals surface area (Å²) >= 11 is 0. The van der Waals surface area contributed by atoms with E-state index in [2.05, 4.69) is 15.3 Å². The molecule has 0 fully saturated rings. The predicted octanol–water partition coefficient (Wildman–Crippen LogP) is 1.58. The number of carbonyl (C=O) groups is 1. The number of nitrogens with zero attached hydrogens (tertiary/aromatic N) is 2. The quantitative estimate of drug-likeness (QED) is 0.657. The van der Waals surface area contributed by atoms with Crippen molar-refractivity contribution in [2.45, 2.75) is 5.92 Å². The normalized spacial score (nSPS) is 18.3. The minimum absolute atomic E-state index is 0.00413. The number of hydrogen-bond acceptors (Lipinski definition) is 2. The second-order valence-corrected chi connectivity index (χ2v) is 5.32. The van der Waals surface area contributed by atoms with E-state index in [4.69, 9.17) is 0 Å². The van der Waals surface area contributed by atoms with Gasteiger partial charge in [0.2, 0.25) is 0 Å². The van der Waals surface area contributed by atoms with E-state index in [0.717, 1.165) is 16.5 Å². The SMILES string of the molecule is CN(C)C=NCC1CNC(=O)c2cccc3[nH]cc1c23. The van der Waals surface area contributed by atoms with Crippen molar-refractivity contribution in [2.75, 3.05) is 27.2 Å². The molecule has 5 heteroatoms. The Balaban J connectivity index is 2.01. The Morgan fingerprint density at radius 2 is 2.30 bits per heavy atom. The van der Waals surface area contributed by atoms with Crippen LogP contribution in [-0.4, -0.2) is 49.3 Å². The van der Waals surface area contributed by atoms with Crippen molar-refractivity contribution in [3.63, 3.8) is 0 Å². The fourth-order valence-corrected chi connectivity index (χ4v) is 2.64. The number of carbonyl (C=O) groups excluding carboxylic acids is 1. The van der Waals surface area contributed by atoms with Crippen molar-refractivity contribution in [3.05, 3.63) is 35.5 Å². The Hall–Kier alpha value is -2.30. The average Bonchev–Trinajstić information content (AvgIpc) is 2.79. The van der Waals surface area contributed by atoms with Gasteiger partial charge < -0.3 is 15.2 Å². The summed E-state index contributed by atoms with van der Waals surface area (Å²) in [6.07, 6.45) is 3.81. The third kappa shape index (κ3) is 2.15. The van der Waals surface area contributed by atoms with Crippen LogP contribution in [0.15, 0.2) is 29.4 Å². The minimum atomic E-state index is -0.00413. The van der Waals surface area contributed by atoms with Crippen LogP contribution in [0.4, 0.5) is 0 Å². The molecule has 5 nitrogen and oxygen atoms in total. The molecule has 2 aromatic rings. The number of nitrogens with one attached hydrogen (secondary N) is 2. The molecule has 1 aromatic carbocycles. The van der Waals surface area contributed by atoms with Gasteiger partial charge in [0, 0.05) is 55.8 Å². The highest BCUT2D eigenvalue weighted by Crippen LogP contribution is 2.30. The zero-order chi connectivity index (χ0) is 14.1. The van der Waals surface area contributed by atoms with E-state index in [1.165, 1.54) is 5.56 Å². The molecule has 0 bridgehead atoms. The van der Waals surface area contributed by atoms with Crippen LogP contribution in [0.1, 0.15) is 21.8 Å². The van der Waals surface area contributed by atoms with E-state index in [0.29, 0.717) is 13.1 Å². The fraction of sp³-hybridized carbons (Fsp3) is 0.333. The highest BCUT2D eigenvalue weighted by molar-refractivity contribution is 6.08. The maximum atomic E-state index is 12.1. The molecule has 1 unspecified atom stereocenters. The van der Waals surface area contributed by atoms with Gasteiger partial charge in [-0.05, 0) is 17.7 Å². The summed E-state index contributed by atoms with van der Waals surface area (Å²) in [5, 5.41) is 4.02. The highest BCUT2D eigenvalue weighted by atomic mass is 16.1. The molecule has 20 heavy (non-hydrogen) atoms. The summed E-state index contributed by atoms with van der Waals surface area (Å²) < 4.78 is 0. The molecular weight excluding hydrogens is 252 g/mol. The first kappa shape index (κ1) is 12.7. The molecule has 0 saturated carbocycles. The molecule has 2 heterocycles. The first-order chi connectivity index (χ1) is 9.66. The topological polar surface area (TPSA) is 60.5 Å². The van der Waals surface area contributed by atoms with Gasteiger partial charge in [0.15, 0.2) is 0 Å². The number of rotatable bonds is 3. The van der Waals surface area contributed by atoms with Crippen molar-refractivity contribution < 1.29 is 4.79 Å². The van der Waals surface area contributed by atoms with Gasteiger partial charge in [-0.3, -0.25) is 9.79 Å². The van der Waals surface area contributed by atoms with E-state index < -0.39 is 0 Å². The van der Waals surface area contributed by atoms with Crippen molar-refractivity contribution in [1.29, 1.82) is 0 Å². The van der Waals surface area contributed by atoms with Crippen LogP contribution in [0.25, 0.3) is 10.9 Å². The van der Waals surface area contributed by atoms with Gasteiger partial charge >= 0.3 is 0 Å². The van der Waals surface area contributed by atoms with Gasteiger partial charge in [-0.2, -0.15) is 0 Å². The van der Waals surface area contributed by atoms with Gasteiger partial charge in [-0.25, -0.2) is 0 Å².